The second-order valence-corrected chi connectivity index (χ2v) is 5.26. The molecule has 0 atom stereocenters. The van der Waals surface area contributed by atoms with Gasteiger partial charge >= 0.3 is 0 Å². The minimum Gasteiger partial charge on any atom is -0.362 e. The molecule has 0 amide bonds. The van der Waals surface area contributed by atoms with E-state index in [1.54, 1.807) is 12.4 Å². The number of benzene rings is 2. The number of nitrogens with zero attached hydrogens (tertiary/aromatic N) is 2. The Balaban J connectivity index is 2.18. The van der Waals surface area contributed by atoms with Crippen LogP contribution >= 0.6 is 12.2 Å². The molecule has 3 rings (SSSR count). The Hall–Kier alpha value is -2.46. The van der Waals surface area contributed by atoms with Crippen molar-refractivity contribution in [2.45, 2.75) is 6.92 Å². The van der Waals surface area contributed by atoms with Crippen LogP contribution in [0.4, 0.5) is 11.4 Å². The van der Waals surface area contributed by atoms with Crippen LogP contribution in [0.15, 0.2) is 67.0 Å². The standard InChI is InChI=1S/C18H17N3S/c1-2-20-18(22)21(15-10-12-19-13-11-15)17-9-5-7-14-6-3-4-8-16(14)17/h3-13H,2H2,1H3,(H,20,22). The number of aromatic nitrogens is 1. The predicted octanol–water partition coefficient (Wildman–Crippen LogP) is 4.27. The van der Waals surface area contributed by atoms with Crippen molar-refractivity contribution in [3.8, 4) is 0 Å². The summed E-state index contributed by atoms with van der Waals surface area (Å²) in [7, 11) is 0. The summed E-state index contributed by atoms with van der Waals surface area (Å²) >= 11 is 5.60. The summed E-state index contributed by atoms with van der Waals surface area (Å²) in [6, 6.07) is 18.5. The summed E-state index contributed by atoms with van der Waals surface area (Å²) in [5, 5.41) is 6.29. The first-order valence-corrected chi connectivity index (χ1v) is 7.68. The van der Waals surface area contributed by atoms with Crippen molar-refractivity contribution >= 4 is 39.5 Å². The number of pyridine rings is 1. The lowest BCUT2D eigenvalue weighted by atomic mass is 10.1. The van der Waals surface area contributed by atoms with Crippen molar-refractivity contribution in [1.82, 2.24) is 10.3 Å². The van der Waals surface area contributed by atoms with E-state index in [1.807, 2.05) is 31.2 Å². The van der Waals surface area contributed by atoms with E-state index in [4.69, 9.17) is 12.2 Å². The van der Waals surface area contributed by atoms with E-state index in [0.29, 0.717) is 5.11 Å². The number of nitrogens with one attached hydrogen (secondary N) is 1. The Morgan fingerprint density at radius 3 is 2.55 bits per heavy atom. The molecule has 0 aliphatic carbocycles. The van der Waals surface area contributed by atoms with Crippen molar-refractivity contribution < 1.29 is 0 Å². The van der Waals surface area contributed by atoms with Crippen LogP contribution < -0.4 is 10.2 Å². The van der Waals surface area contributed by atoms with Crippen LogP contribution in [0, 0.1) is 0 Å². The van der Waals surface area contributed by atoms with Crippen molar-refractivity contribution in [1.29, 1.82) is 0 Å². The van der Waals surface area contributed by atoms with Crippen LogP contribution in [0.25, 0.3) is 10.8 Å². The first-order valence-electron chi connectivity index (χ1n) is 7.27. The molecule has 110 valence electrons. The van der Waals surface area contributed by atoms with Gasteiger partial charge in [-0.2, -0.15) is 0 Å². The molecule has 4 heteroatoms. The first kappa shape index (κ1) is 14.5. The molecule has 0 radical (unpaired) electrons. The Labute approximate surface area is 135 Å². The Morgan fingerprint density at radius 2 is 1.77 bits per heavy atom. The highest BCUT2D eigenvalue weighted by molar-refractivity contribution is 7.80. The third kappa shape index (κ3) is 2.78. The molecule has 0 aliphatic heterocycles. The van der Waals surface area contributed by atoms with Crippen molar-refractivity contribution in [2.75, 3.05) is 11.4 Å². The molecule has 0 aliphatic rings. The highest BCUT2D eigenvalue weighted by Gasteiger charge is 2.16. The van der Waals surface area contributed by atoms with Crippen LogP contribution in [0.1, 0.15) is 6.92 Å². The highest BCUT2D eigenvalue weighted by atomic mass is 32.1. The zero-order chi connectivity index (χ0) is 15.4. The third-order valence-corrected chi connectivity index (χ3v) is 3.79. The molecule has 1 heterocycles. The van der Waals surface area contributed by atoms with Gasteiger partial charge in [-0.25, -0.2) is 0 Å². The number of rotatable bonds is 3. The van der Waals surface area contributed by atoms with Crippen LogP contribution in [-0.2, 0) is 0 Å². The zero-order valence-electron chi connectivity index (χ0n) is 12.4. The van der Waals surface area contributed by atoms with E-state index in [0.717, 1.165) is 17.9 Å². The van der Waals surface area contributed by atoms with Gasteiger partial charge in [0.25, 0.3) is 0 Å². The molecule has 1 N–H and O–H groups in total. The maximum Gasteiger partial charge on any atom is 0.178 e. The van der Waals surface area contributed by atoms with Crippen LogP contribution in [0.3, 0.4) is 0 Å². The van der Waals surface area contributed by atoms with E-state index in [9.17, 15) is 0 Å². The molecule has 1 aromatic heterocycles. The summed E-state index contributed by atoms with van der Waals surface area (Å²) in [4.78, 5) is 6.16. The minimum atomic E-state index is 0.685. The molecular formula is C18H17N3S. The molecule has 0 saturated heterocycles. The highest BCUT2D eigenvalue weighted by Crippen LogP contribution is 2.32. The maximum absolute atomic E-state index is 5.60. The summed E-state index contributed by atoms with van der Waals surface area (Å²) in [6.07, 6.45) is 3.56. The second kappa shape index (κ2) is 6.54. The van der Waals surface area contributed by atoms with E-state index in [1.165, 1.54) is 10.8 Å². The largest absolute Gasteiger partial charge is 0.362 e. The van der Waals surface area contributed by atoms with Crippen molar-refractivity contribution in [3.05, 3.63) is 67.0 Å². The molecule has 0 saturated carbocycles. The van der Waals surface area contributed by atoms with Gasteiger partial charge in [-0.3, -0.25) is 9.88 Å². The summed E-state index contributed by atoms with van der Waals surface area (Å²) in [6.45, 7) is 2.82. The predicted molar refractivity (Wildman–Crippen MR) is 96.6 cm³/mol. The first-order chi connectivity index (χ1) is 10.8. The second-order valence-electron chi connectivity index (χ2n) is 4.87. The van der Waals surface area contributed by atoms with Crippen LogP contribution in [0.2, 0.25) is 0 Å². The quantitative estimate of drug-likeness (QED) is 0.732. The zero-order valence-corrected chi connectivity index (χ0v) is 13.2. The Bertz CT molecular complexity index is 781. The molecule has 0 bridgehead atoms. The fourth-order valence-corrected chi connectivity index (χ4v) is 2.84. The van der Waals surface area contributed by atoms with Gasteiger partial charge in [0.2, 0.25) is 0 Å². The van der Waals surface area contributed by atoms with Crippen LogP contribution in [0.5, 0.6) is 0 Å². The lowest BCUT2D eigenvalue weighted by Gasteiger charge is -2.27. The topological polar surface area (TPSA) is 28.2 Å². The maximum atomic E-state index is 5.60. The number of fused-ring (bicyclic) bond motifs is 1. The average Bonchev–Trinajstić information content (AvgIpc) is 2.57. The molecule has 0 spiro atoms. The third-order valence-electron chi connectivity index (χ3n) is 3.46. The summed E-state index contributed by atoms with van der Waals surface area (Å²) in [5.74, 6) is 0. The number of hydrogen-bond donors (Lipinski definition) is 1. The fourth-order valence-electron chi connectivity index (χ4n) is 2.49. The molecule has 22 heavy (non-hydrogen) atoms. The summed E-state index contributed by atoms with van der Waals surface area (Å²) in [5.41, 5.74) is 2.06. The van der Waals surface area contributed by atoms with Crippen molar-refractivity contribution in [2.24, 2.45) is 0 Å². The average molecular weight is 307 g/mol. The van der Waals surface area contributed by atoms with Crippen molar-refractivity contribution in [3.63, 3.8) is 0 Å². The SMILES string of the molecule is CCNC(=S)N(c1ccncc1)c1cccc2ccccc12. The van der Waals surface area contributed by atoms with Gasteiger partial charge in [-0.1, -0.05) is 36.4 Å². The lowest BCUT2D eigenvalue weighted by molar-refractivity contribution is 0.964. The smallest absolute Gasteiger partial charge is 0.178 e. The monoisotopic (exact) mass is 307 g/mol. The lowest BCUT2D eigenvalue weighted by Crippen LogP contribution is -2.36. The number of anilines is 2. The molecular weight excluding hydrogens is 290 g/mol. The molecule has 3 nitrogen and oxygen atoms in total. The normalized spacial score (nSPS) is 10.4. The van der Waals surface area contributed by atoms with E-state index in [2.05, 4.69) is 45.5 Å². The molecule has 0 unspecified atom stereocenters. The Morgan fingerprint density at radius 1 is 1.05 bits per heavy atom. The Kier molecular flexibility index (Phi) is 4.30. The van der Waals surface area contributed by atoms with Gasteiger partial charge in [0.05, 0.1) is 11.4 Å². The van der Waals surface area contributed by atoms with Gasteiger partial charge in [0, 0.05) is 24.3 Å². The van der Waals surface area contributed by atoms with E-state index in [-0.39, 0.29) is 0 Å². The number of hydrogen-bond acceptors (Lipinski definition) is 2. The fraction of sp³-hybridized carbons (Fsp3) is 0.111. The van der Waals surface area contributed by atoms with Gasteiger partial charge in [-0.15, -0.1) is 0 Å². The van der Waals surface area contributed by atoms with Gasteiger partial charge in [0.1, 0.15) is 0 Å². The molecule has 3 aromatic rings. The molecule has 0 fully saturated rings. The van der Waals surface area contributed by atoms with E-state index < -0.39 is 0 Å². The summed E-state index contributed by atoms with van der Waals surface area (Å²) < 4.78 is 0. The van der Waals surface area contributed by atoms with Gasteiger partial charge < -0.3 is 5.32 Å². The minimum absolute atomic E-state index is 0.685. The number of thiocarbonyl (C=S) groups is 1. The van der Waals surface area contributed by atoms with Gasteiger partial charge in [-0.05, 0) is 42.7 Å². The molecule has 2 aromatic carbocycles. The van der Waals surface area contributed by atoms with E-state index >= 15 is 0 Å². The van der Waals surface area contributed by atoms with Gasteiger partial charge in [0.15, 0.2) is 5.11 Å². The van der Waals surface area contributed by atoms with Crippen LogP contribution in [-0.4, -0.2) is 16.6 Å².